The van der Waals surface area contributed by atoms with E-state index in [9.17, 15) is 4.79 Å². The summed E-state index contributed by atoms with van der Waals surface area (Å²) >= 11 is 0. The fourth-order valence-electron chi connectivity index (χ4n) is 4.79. The predicted molar refractivity (Wildman–Crippen MR) is 122 cm³/mol. The van der Waals surface area contributed by atoms with Gasteiger partial charge in [-0.15, -0.1) is 0 Å². The fourth-order valence-corrected chi connectivity index (χ4v) is 4.79. The summed E-state index contributed by atoms with van der Waals surface area (Å²) in [6, 6.07) is 9.93. The number of pyridine rings is 1. The highest BCUT2D eigenvalue weighted by molar-refractivity contribution is 5.94. The maximum Gasteiger partial charge on any atom is 0.338 e. The number of benzene rings is 1. The van der Waals surface area contributed by atoms with Crippen molar-refractivity contribution < 1.29 is 18.8 Å². The molecule has 0 bridgehead atoms. The molecule has 1 aromatic carbocycles. The minimum Gasteiger partial charge on any atom is -0.495 e. The first-order valence-corrected chi connectivity index (χ1v) is 11.1. The number of nitriles is 1. The van der Waals surface area contributed by atoms with Crippen molar-refractivity contribution in [1.29, 1.82) is 5.26 Å². The topological polar surface area (TPSA) is 114 Å². The second-order valence-corrected chi connectivity index (χ2v) is 8.76. The van der Waals surface area contributed by atoms with Crippen molar-refractivity contribution in [1.82, 2.24) is 20.4 Å². The molecule has 9 heteroatoms. The van der Waals surface area contributed by atoms with E-state index in [4.69, 9.17) is 19.3 Å². The number of aromatic nitrogens is 2. The molecular weight excluding hydrogens is 434 g/mol. The third kappa shape index (κ3) is 4.02. The summed E-state index contributed by atoms with van der Waals surface area (Å²) in [5.41, 5.74) is 5.50. The van der Waals surface area contributed by atoms with Gasteiger partial charge in [0.25, 0.3) is 0 Å². The third-order valence-corrected chi connectivity index (χ3v) is 6.45. The van der Waals surface area contributed by atoms with Crippen molar-refractivity contribution in [3.05, 3.63) is 64.0 Å². The molecule has 2 aliphatic rings. The Hall–Kier alpha value is -3.74. The summed E-state index contributed by atoms with van der Waals surface area (Å²) in [7, 11) is 1.52. The molecule has 0 amide bonds. The lowest BCUT2D eigenvalue weighted by atomic mass is 9.92. The van der Waals surface area contributed by atoms with Gasteiger partial charge in [0.1, 0.15) is 29.7 Å². The number of esters is 1. The smallest absolute Gasteiger partial charge is 0.338 e. The molecule has 2 aromatic heterocycles. The van der Waals surface area contributed by atoms with E-state index in [-0.39, 0.29) is 18.1 Å². The summed E-state index contributed by atoms with van der Waals surface area (Å²) in [6.07, 6.45) is 1.47. The number of rotatable bonds is 5. The largest absolute Gasteiger partial charge is 0.495 e. The lowest BCUT2D eigenvalue weighted by Crippen LogP contribution is -2.50. The number of methoxy groups -OCH3 is 1. The molecule has 2 atom stereocenters. The van der Waals surface area contributed by atoms with Gasteiger partial charge in [0, 0.05) is 49.1 Å². The highest BCUT2D eigenvalue weighted by atomic mass is 16.5. The second-order valence-electron chi connectivity index (χ2n) is 8.76. The van der Waals surface area contributed by atoms with Crippen LogP contribution < -0.4 is 10.1 Å². The first-order chi connectivity index (χ1) is 16.5. The third-order valence-electron chi connectivity index (χ3n) is 6.45. The monoisotopic (exact) mass is 459 g/mol. The molecule has 4 heterocycles. The van der Waals surface area contributed by atoms with E-state index in [2.05, 4.69) is 40.3 Å². The predicted octanol–water partition coefficient (Wildman–Crippen LogP) is 3.13. The molecule has 0 unspecified atom stereocenters. The van der Waals surface area contributed by atoms with E-state index in [1.54, 1.807) is 6.07 Å². The Kier molecular flexibility index (Phi) is 5.77. The summed E-state index contributed by atoms with van der Waals surface area (Å²) in [4.78, 5) is 18.5. The molecule has 2 aliphatic heterocycles. The molecule has 34 heavy (non-hydrogen) atoms. The Morgan fingerprint density at radius 2 is 2.15 bits per heavy atom. The van der Waals surface area contributed by atoms with Crippen LogP contribution >= 0.6 is 0 Å². The molecule has 1 N–H and O–H groups in total. The molecule has 174 valence electrons. The van der Waals surface area contributed by atoms with Crippen LogP contribution in [0.15, 0.2) is 35.0 Å². The summed E-state index contributed by atoms with van der Waals surface area (Å²) in [5.74, 6) is 0.942. The Bertz CT molecular complexity index is 1290. The van der Waals surface area contributed by atoms with E-state index in [0.717, 1.165) is 30.0 Å². The van der Waals surface area contributed by atoms with Gasteiger partial charge in [-0.25, -0.2) is 4.79 Å². The van der Waals surface area contributed by atoms with Crippen LogP contribution in [0.3, 0.4) is 0 Å². The van der Waals surface area contributed by atoms with Crippen molar-refractivity contribution in [3.63, 3.8) is 0 Å². The Morgan fingerprint density at radius 1 is 1.29 bits per heavy atom. The molecule has 1 fully saturated rings. The van der Waals surface area contributed by atoms with Gasteiger partial charge in [0.2, 0.25) is 0 Å². The van der Waals surface area contributed by atoms with E-state index < -0.39 is 0 Å². The van der Waals surface area contributed by atoms with Gasteiger partial charge in [-0.1, -0.05) is 11.2 Å². The van der Waals surface area contributed by atoms with Crippen molar-refractivity contribution in [2.75, 3.05) is 20.2 Å². The number of piperazine rings is 1. The number of nitrogens with one attached hydrogen (secondary N) is 1. The van der Waals surface area contributed by atoms with Crippen LogP contribution in [0.1, 0.15) is 51.3 Å². The number of nitrogens with zero attached hydrogens (tertiary/aromatic N) is 4. The molecule has 0 saturated carbocycles. The van der Waals surface area contributed by atoms with Crippen LogP contribution in [0.5, 0.6) is 5.75 Å². The van der Waals surface area contributed by atoms with E-state index in [1.165, 1.54) is 18.9 Å². The number of carbonyl (C=O) groups is 1. The number of hydrogen-bond donors (Lipinski definition) is 1. The van der Waals surface area contributed by atoms with Crippen LogP contribution in [-0.4, -0.2) is 47.3 Å². The number of ether oxygens (including phenoxy) is 2. The molecule has 5 rings (SSSR count). The van der Waals surface area contributed by atoms with Crippen molar-refractivity contribution in [2.45, 2.75) is 39.1 Å². The van der Waals surface area contributed by atoms with Gasteiger partial charge in [-0.3, -0.25) is 9.88 Å². The van der Waals surface area contributed by atoms with Crippen LogP contribution in [0.25, 0.3) is 11.4 Å². The minimum absolute atomic E-state index is 0.122. The number of cyclic esters (lactones) is 1. The fraction of sp³-hybridized carbons (Fsp3) is 0.360. The quantitative estimate of drug-likeness (QED) is 0.575. The standard InChI is InChI=1S/C25H25N5O4/c1-14-10-30(12-23(28-14)18-4-5-19-20(15(18)2)13-33-25(19)31)11-17-6-22(29-34-17)21-7-24(32-3)16(8-26)9-27-21/h4-7,9,14,23,28H,10-13H2,1-3H3/t14-,23-/m0/s1. The zero-order valence-corrected chi connectivity index (χ0v) is 19.3. The van der Waals surface area contributed by atoms with E-state index >= 15 is 0 Å². The van der Waals surface area contributed by atoms with Gasteiger partial charge in [-0.2, -0.15) is 5.26 Å². The van der Waals surface area contributed by atoms with Crippen LogP contribution in [0.4, 0.5) is 0 Å². The van der Waals surface area contributed by atoms with E-state index in [0.29, 0.717) is 41.4 Å². The van der Waals surface area contributed by atoms with Gasteiger partial charge in [0.15, 0.2) is 5.76 Å². The maximum atomic E-state index is 11.9. The molecule has 1 saturated heterocycles. The average molecular weight is 460 g/mol. The lowest BCUT2D eigenvalue weighted by molar-refractivity contribution is 0.0535. The molecule has 3 aromatic rings. The number of carbonyl (C=O) groups excluding carboxylic acids is 1. The Balaban J connectivity index is 1.33. The zero-order valence-electron chi connectivity index (χ0n) is 19.3. The van der Waals surface area contributed by atoms with Crippen LogP contribution in [0, 0.1) is 18.3 Å². The van der Waals surface area contributed by atoms with Crippen LogP contribution in [0.2, 0.25) is 0 Å². The van der Waals surface area contributed by atoms with E-state index in [1.807, 2.05) is 18.2 Å². The van der Waals surface area contributed by atoms with Crippen molar-refractivity contribution in [2.24, 2.45) is 0 Å². The molecule has 9 nitrogen and oxygen atoms in total. The number of hydrogen-bond acceptors (Lipinski definition) is 9. The summed E-state index contributed by atoms with van der Waals surface area (Å²) in [6.45, 7) is 6.82. The van der Waals surface area contributed by atoms with Gasteiger partial charge in [0.05, 0.1) is 24.9 Å². The van der Waals surface area contributed by atoms with Crippen molar-refractivity contribution in [3.8, 4) is 23.2 Å². The summed E-state index contributed by atoms with van der Waals surface area (Å²) in [5, 5.41) is 17.0. The summed E-state index contributed by atoms with van der Waals surface area (Å²) < 4.78 is 16.1. The highest BCUT2D eigenvalue weighted by Gasteiger charge is 2.30. The second kappa shape index (κ2) is 8.89. The lowest BCUT2D eigenvalue weighted by Gasteiger charge is -2.38. The normalized spacial score (nSPS) is 20.0. The minimum atomic E-state index is -0.244. The Morgan fingerprint density at radius 3 is 2.94 bits per heavy atom. The maximum absolute atomic E-state index is 11.9. The highest BCUT2D eigenvalue weighted by Crippen LogP contribution is 2.31. The average Bonchev–Trinajstić information content (AvgIpc) is 3.45. The van der Waals surface area contributed by atoms with Crippen molar-refractivity contribution >= 4 is 5.97 Å². The number of fused-ring (bicyclic) bond motifs is 1. The molecule has 0 radical (unpaired) electrons. The van der Waals surface area contributed by atoms with Crippen LogP contribution in [-0.2, 0) is 17.9 Å². The SMILES string of the molecule is COc1cc(-c2cc(CN3C[C@@H](c4ccc5c(c4C)COC5=O)N[C@@H](C)C3)on2)ncc1C#N. The first kappa shape index (κ1) is 22.1. The van der Waals surface area contributed by atoms with Gasteiger partial charge >= 0.3 is 5.97 Å². The van der Waals surface area contributed by atoms with Gasteiger partial charge < -0.3 is 19.3 Å². The van der Waals surface area contributed by atoms with Gasteiger partial charge in [-0.05, 0) is 31.0 Å². The molecule has 0 aliphatic carbocycles. The molecule has 0 spiro atoms. The molecular formula is C25H25N5O4. The Labute approximate surface area is 197 Å². The zero-order chi connectivity index (χ0) is 23.8. The first-order valence-electron chi connectivity index (χ1n) is 11.1.